The first-order valence-corrected chi connectivity index (χ1v) is 9.33. The van der Waals surface area contributed by atoms with E-state index < -0.39 is 23.4 Å². The van der Waals surface area contributed by atoms with Gasteiger partial charge in [0.05, 0.1) is 43.7 Å². The number of rotatable bonds is 5. The zero-order valence-corrected chi connectivity index (χ0v) is 17.4. The van der Waals surface area contributed by atoms with Gasteiger partial charge in [-0.3, -0.25) is 19.9 Å². The number of hydrogen-bond donors (Lipinski definition) is 2. The Balaban J connectivity index is 2.00. The van der Waals surface area contributed by atoms with Gasteiger partial charge in [-0.05, 0) is 0 Å². The first-order chi connectivity index (χ1) is 15.5. The Morgan fingerprint density at radius 3 is 2.50 bits per heavy atom. The number of pyridine rings is 1. The van der Waals surface area contributed by atoms with Gasteiger partial charge in [-0.25, -0.2) is 18.6 Å². The molecule has 4 rings (SSSR count). The van der Waals surface area contributed by atoms with Crippen LogP contribution in [0.5, 0.6) is 11.5 Å². The molecule has 10 nitrogen and oxygen atoms in total. The second kappa shape index (κ2) is 8.13. The Morgan fingerprint density at radius 2 is 1.91 bits per heavy atom. The monoisotopic (exact) mass is 443 g/mol. The fraction of sp³-hybridized carbons (Fsp3) is 0.200. The van der Waals surface area contributed by atoms with Crippen molar-refractivity contribution >= 4 is 34.7 Å². The quantitative estimate of drug-likeness (QED) is 0.585. The fourth-order valence-electron chi connectivity index (χ4n) is 3.59. The van der Waals surface area contributed by atoms with Crippen LogP contribution >= 0.6 is 0 Å². The first-order valence-electron chi connectivity index (χ1n) is 9.33. The van der Waals surface area contributed by atoms with Crippen LogP contribution in [0.4, 0.5) is 25.0 Å². The molecule has 0 fully saturated rings. The number of fused-ring (bicyclic) bond motifs is 3. The molecule has 1 aliphatic heterocycles. The van der Waals surface area contributed by atoms with Crippen LogP contribution in [0.1, 0.15) is 5.56 Å². The number of H-pyrrole nitrogens is 1. The molecule has 1 aromatic carbocycles. The van der Waals surface area contributed by atoms with Crippen molar-refractivity contribution in [1.29, 1.82) is 0 Å². The summed E-state index contributed by atoms with van der Waals surface area (Å²) in [5, 5.41) is 7.24. The van der Waals surface area contributed by atoms with Crippen molar-refractivity contribution in [2.24, 2.45) is 10.7 Å². The Hall–Kier alpha value is -4.22. The number of nitrogens with zero attached hydrogens (tertiary/aromatic N) is 5. The van der Waals surface area contributed by atoms with Gasteiger partial charge in [0.2, 0.25) is 0 Å². The molecule has 0 aliphatic carbocycles. The molecule has 0 spiro atoms. The number of amides is 2. The number of carbonyl (C=O) groups excluding carboxylic acids is 1. The largest absolute Gasteiger partial charge is 0.493 e. The molecule has 32 heavy (non-hydrogen) atoms. The van der Waals surface area contributed by atoms with Crippen LogP contribution in [-0.4, -0.2) is 48.7 Å². The molecule has 0 saturated heterocycles. The Morgan fingerprint density at radius 1 is 1.22 bits per heavy atom. The van der Waals surface area contributed by atoms with E-state index in [1.807, 2.05) is 0 Å². The lowest BCUT2D eigenvalue weighted by Crippen LogP contribution is -2.48. The molecule has 2 aromatic heterocycles. The molecule has 0 unspecified atom stereocenters. The third kappa shape index (κ3) is 3.07. The normalized spacial score (nSPS) is 14.4. The van der Waals surface area contributed by atoms with Gasteiger partial charge < -0.3 is 15.2 Å². The number of nitrogens with two attached hydrogens (primary N) is 1. The summed E-state index contributed by atoms with van der Waals surface area (Å²) in [5.41, 5.74) is 6.69. The van der Waals surface area contributed by atoms with Gasteiger partial charge in [-0.15, -0.1) is 0 Å². The number of allylic oxidation sites excluding steroid dienone is 1. The average Bonchev–Trinajstić information content (AvgIpc) is 3.28. The van der Waals surface area contributed by atoms with Crippen molar-refractivity contribution in [3.05, 3.63) is 47.6 Å². The number of halogens is 2. The standard InChI is InChI=1S/C20H19F2N7O3/c1-24-7-11(5-23)29-17-10(6-25-19-12(17)8-26-27-19)9-28(20(29)30)18-15(21)13(31-2)4-14(32-3)16(18)22/h4-8H,9,23H2,1-3H3,(H,25,26,27)/b11-5+,24-7?. The highest BCUT2D eigenvalue weighted by Gasteiger charge is 2.39. The van der Waals surface area contributed by atoms with Crippen LogP contribution in [-0.2, 0) is 6.54 Å². The Bertz CT molecular complexity index is 1240. The summed E-state index contributed by atoms with van der Waals surface area (Å²) in [6, 6.07) is 0.302. The van der Waals surface area contributed by atoms with Gasteiger partial charge in [-0.2, -0.15) is 5.10 Å². The maximum absolute atomic E-state index is 15.2. The number of methoxy groups -OCH3 is 2. The van der Waals surface area contributed by atoms with Crippen LogP contribution in [0, 0.1) is 11.6 Å². The molecular formula is C20H19F2N7O3. The van der Waals surface area contributed by atoms with Gasteiger partial charge in [0.1, 0.15) is 5.69 Å². The van der Waals surface area contributed by atoms with E-state index in [9.17, 15) is 4.79 Å². The lowest BCUT2D eigenvalue weighted by molar-refractivity contribution is 0.251. The van der Waals surface area contributed by atoms with Gasteiger partial charge in [0.15, 0.2) is 28.8 Å². The fourth-order valence-corrected chi connectivity index (χ4v) is 3.59. The molecule has 3 aromatic rings. The zero-order chi connectivity index (χ0) is 23.0. The topological polar surface area (TPSA) is 122 Å². The average molecular weight is 443 g/mol. The minimum atomic E-state index is -1.05. The van der Waals surface area contributed by atoms with E-state index in [0.29, 0.717) is 22.3 Å². The van der Waals surface area contributed by atoms with Crippen LogP contribution in [0.2, 0.25) is 0 Å². The van der Waals surface area contributed by atoms with Crippen molar-refractivity contribution in [2.45, 2.75) is 6.54 Å². The highest BCUT2D eigenvalue weighted by atomic mass is 19.1. The van der Waals surface area contributed by atoms with Crippen molar-refractivity contribution < 1.29 is 23.0 Å². The highest BCUT2D eigenvalue weighted by molar-refractivity contribution is 6.16. The minimum Gasteiger partial charge on any atom is -0.493 e. The number of carbonyl (C=O) groups is 1. The zero-order valence-electron chi connectivity index (χ0n) is 17.4. The third-order valence-corrected chi connectivity index (χ3v) is 5.01. The van der Waals surface area contributed by atoms with E-state index in [1.165, 1.54) is 51.0 Å². The molecular weight excluding hydrogens is 424 g/mol. The lowest BCUT2D eigenvalue weighted by Gasteiger charge is -2.37. The molecule has 3 heterocycles. The predicted octanol–water partition coefficient (Wildman–Crippen LogP) is 2.70. The number of aromatic amines is 1. The number of benzene rings is 1. The maximum atomic E-state index is 15.2. The third-order valence-electron chi connectivity index (χ3n) is 5.01. The Kier molecular flexibility index (Phi) is 5.34. The molecule has 0 bridgehead atoms. The summed E-state index contributed by atoms with van der Waals surface area (Å²) in [5.74, 6) is -2.67. The van der Waals surface area contributed by atoms with E-state index in [-0.39, 0.29) is 23.7 Å². The second-order valence-electron chi connectivity index (χ2n) is 6.70. The summed E-state index contributed by atoms with van der Waals surface area (Å²) in [6.45, 7) is -0.177. The molecule has 1 aliphatic rings. The molecule has 3 N–H and O–H groups in total. The molecule has 166 valence electrons. The minimum absolute atomic E-state index is 0.177. The predicted molar refractivity (Wildman–Crippen MR) is 114 cm³/mol. The number of ether oxygens (including phenoxy) is 2. The van der Waals surface area contributed by atoms with Crippen molar-refractivity contribution in [3.8, 4) is 11.5 Å². The summed E-state index contributed by atoms with van der Waals surface area (Å²) < 4.78 is 40.5. The SMILES string of the molecule is CN=C/C(=C\N)N1C(=O)N(c2c(F)c(OC)cc(OC)c2F)Cc2cnc3[nH]ncc3c21. The number of hydrogen-bond acceptors (Lipinski definition) is 7. The van der Waals surface area contributed by atoms with Gasteiger partial charge in [-0.1, -0.05) is 0 Å². The maximum Gasteiger partial charge on any atom is 0.334 e. The van der Waals surface area contributed by atoms with Crippen molar-refractivity contribution in [3.63, 3.8) is 0 Å². The Labute approximate surface area is 180 Å². The number of anilines is 2. The van der Waals surface area contributed by atoms with Gasteiger partial charge in [0, 0.05) is 37.3 Å². The van der Waals surface area contributed by atoms with E-state index in [2.05, 4.69) is 20.2 Å². The van der Waals surface area contributed by atoms with Gasteiger partial charge >= 0.3 is 6.03 Å². The van der Waals surface area contributed by atoms with Crippen LogP contribution < -0.4 is 25.0 Å². The van der Waals surface area contributed by atoms with Crippen LogP contribution in [0.3, 0.4) is 0 Å². The van der Waals surface area contributed by atoms with E-state index in [4.69, 9.17) is 15.2 Å². The van der Waals surface area contributed by atoms with E-state index >= 15 is 8.78 Å². The highest BCUT2D eigenvalue weighted by Crippen LogP contribution is 2.42. The molecule has 0 saturated carbocycles. The van der Waals surface area contributed by atoms with E-state index in [1.54, 1.807) is 0 Å². The number of nitrogens with one attached hydrogen (secondary N) is 1. The molecule has 2 amide bonds. The number of aromatic nitrogens is 3. The molecule has 0 radical (unpaired) electrons. The van der Waals surface area contributed by atoms with Gasteiger partial charge in [0.25, 0.3) is 0 Å². The van der Waals surface area contributed by atoms with Crippen molar-refractivity contribution in [2.75, 3.05) is 31.1 Å². The first kappa shape index (κ1) is 21.0. The van der Waals surface area contributed by atoms with Crippen LogP contribution in [0.25, 0.3) is 11.0 Å². The van der Waals surface area contributed by atoms with E-state index in [0.717, 1.165) is 11.0 Å². The second-order valence-corrected chi connectivity index (χ2v) is 6.70. The summed E-state index contributed by atoms with van der Waals surface area (Å²) in [4.78, 5) is 24.0. The summed E-state index contributed by atoms with van der Waals surface area (Å²) in [7, 11) is 3.96. The summed E-state index contributed by atoms with van der Waals surface area (Å²) in [6.07, 6.45) is 5.52. The van der Waals surface area contributed by atoms with Crippen molar-refractivity contribution in [1.82, 2.24) is 15.2 Å². The molecule has 12 heteroatoms. The smallest absolute Gasteiger partial charge is 0.334 e. The molecule has 0 atom stereocenters. The number of aliphatic imine (C=N–C) groups is 1. The lowest BCUT2D eigenvalue weighted by atomic mass is 10.1. The number of urea groups is 1. The summed E-state index contributed by atoms with van der Waals surface area (Å²) >= 11 is 0. The van der Waals surface area contributed by atoms with Crippen LogP contribution in [0.15, 0.2) is 35.3 Å².